The number of piperidine rings is 1. The summed E-state index contributed by atoms with van der Waals surface area (Å²) in [6, 6.07) is 16.9. The lowest BCUT2D eigenvalue weighted by Crippen LogP contribution is -2.46. The summed E-state index contributed by atoms with van der Waals surface area (Å²) in [4.78, 5) is 2.17. The van der Waals surface area contributed by atoms with Gasteiger partial charge < -0.3 is 19.8 Å². The molecule has 2 N–H and O–H groups in total. The maximum Gasteiger partial charge on any atom is 0.119 e. The van der Waals surface area contributed by atoms with E-state index in [-0.39, 0.29) is 6.61 Å². The SMILES string of the molecule is OC(COc1ccccc1)CN1CCC(O)(c2ccc(Cl)cc2)CC1. The second kappa shape index (κ2) is 8.19. The van der Waals surface area contributed by atoms with Gasteiger partial charge in [0.1, 0.15) is 18.5 Å². The zero-order chi connectivity index (χ0) is 17.7. The zero-order valence-corrected chi connectivity index (χ0v) is 14.9. The molecule has 0 radical (unpaired) electrons. The molecule has 134 valence electrons. The highest BCUT2D eigenvalue weighted by molar-refractivity contribution is 6.30. The van der Waals surface area contributed by atoms with Gasteiger partial charge >= 0.3 is 0 Å². The van der Waals surface area contributed by atoms with Gasteiger partial charge in [-0.25, -0.2) is 0 Å². The third-order valence-electron chi connectivity index (χ3n) is 4.72. The van der Waals surface area contributed by atoms with E-state index < -0.39 is 11.7 Å². The van der Waals surface area contributed by atoms with Crippen LogP contribution in [0.5, 0.6) is 5.75 Å². The first kappa shape index (κ1) is 18.2. The minimum absolute atomic E-state index is 0.266. The number of hydrogen-bond donors (Lipinski definition) is 2. The number of hydrogen-bond acceptors (Lipinski definition) is 4. The van der Waals surface area contributed by atoms with Crippen molar-refractivity contribution in [3.8, 4) is 5.75 Å². The number of likely N-dealkylation sites (tertiary alicyclic amines) is 1. The standard InChI is InChI=1S/C20H24ClNO3/c21-17-8-6-16(7-9-17)20(24)10-12-22(13-11-20)14-18(23)15-25-19-4-2-1-3-5-19/h1-9,18,23-24H,10-15H2. The van der Waals surface area contributed by atoms with Gasteiger partial charge in [-0.3, -0.25) is 0 Å². The van der Waals surface area contributed by atoms with Gasteiger partial charge in [-0.05, 0) is 42.7 Å². The monoisotopic (exact) mass is 361 g/mol. The summed E-state index contributed by atoms with van der Waals surface area (Å²) < 4.78 is 5.59. The van der Waals surface area contributed by atoms with E-state index in [1.54, 1.807) is 0 Å². The van der Waals surface area contributed by atoms with Crippen LogP contribution in [0.3, 0.4) is 0 Å². The predicted octanol–water partition coefficient (Wildman–Crippen LogP) is 3.06. The van der Waals surface area contributed by atoms with Gasteiger partial charge in [0.15, 0.2) is 0 Å². The molecule has 0 saturated carbocycles. The zero-order valence-electron chi connectivity index (χ0n) is 14.1. The summed E-state index contributed by atoms with van der Waals surface area (Å²) in [5, 5.41) is 21.7. The predicted molar refractivity (Wildman–Crippen MR) is 99.0 cm³/mol. The molecule has 3 rings (SSSR count). The Morgan fingerprint density at radius 2 is 1.68 bits per heavy atom. The summed E-state index contributed by atoms with van der Waals surface area (Å²) >= 11 is 5.92. The van der Waals surface area contributed by atoms with Gasteiger partial charge in [0.25, 0.3) is 0 Å². The van der Waals surface area contributed by atoms with Crippen molar-refractivity contribution in [2.75, 3.05) is 26.2 Å². The molecule has 25 heavy (non-hydrogen) atoms. The molecule has 0 amide bonds. The maximum absolute atomic E-state index is 10.9. The summed E-state index contributed by atoms with van der Waals surface area (Å²) in [5.41, 5.74) is 0.0940. The highest BCUT2D eigenvalue weighted by Gasteiger charge is 2.34. The van der Waals surface area contributed by atoms with E-state index >= 15 is 0 Å². The summed E-state index contributed by atoms with van der Waals surface area (Å²) in [5.74, 6) is 0.761. The molecule has 1 atom stereocenters. The van der Waals surface area contributed by atoms with E-state index in [1.165, 1.54) is 0 Å². The Balaban J connectivity index is 1.46. The Kier molecular flexibility index (Phi) is 5.97. The average molecular weight is 362 g/mol. The van der Waals surface area contributed by atoms with Crippen molar-refractivity contribution in [1.29, 1.82) is 0 Å². The van der Waals surface area contributed by atoms with Crippen molar-refractivity contribution in [3.05, 3.63) is 65.2 Å². The molecule has 5 heteroatoms. The topological polar surface area (TPSA) is 52.9 Å². The number of nitrogens with zero attached hydrogens (tertiary/aromatic N) is 1. The largest absolute Gasteiger partial charge is 0.491 e. The van der Waals surface area contributed by atoms with Gasteiger partial charge in [-0.2, -0.15) is 0 Å². The number of aliphatic hydroxyl groups excluding tert-OH is 1. The van der Waals surface area contributed by atoms with Crippen LogP contribution < -0.4 is 4.74 Å². The molecule has 4 nitrogen and oxygen atoms in total. The minimum Gasteiger partial charge on any atom is -0.491 e. The molecule has 1 saturated heterocycles. The lowest BCUT2D eigenvalue weighted by atomic mass is 9.84. The molecule has 1 aliphatic heterocycles. The second-order valence-electron chi connectivity index (χ2n) is 6.62. The lowest BCUT2D eigenvalue weighted by Gasteiger charge is -2.39. The van der Waals surface area contributed by atoms with Crippen molar-refractivity contribution in [2.45, 2.75) is 24.5 Å². The number of β-amino-alcohol motifs (C(OH)–C–C–N with tert-alkyl or cyclic N) is 1. The first-order chi connectivity index (χ1) is 12.0. The number of ether oxygens (including phenoxy) is 1. The molecule has 0 aliphatic carbocycles. The van der Waals surface area contributed by atoms with E-state index in [2.05, 4.69) is 4.90 Å². The van der Waals surface area contributed by atoms with Crippen LogP contribution in [0.1, 0.15) is 18.4 Å². The van der Waals surface area contributed by atoms with Crippen LogP contribution in [-0.2, 0) is 5.60 Å². The average Bonchev–Trinajstić information content (AvgIpc) is 2.63. The number of para-hydroxylation sites is 1. The van der Waals surface area contributed by atoms with E-state index in [9.17, 15) is 10.2 Å². The molecule has 0 bridgehead atoms. The molecule has 1 unspecified atom stereocenters. The van der Waals surface area contributed by atoms with Gasteiger partial charge in [-0.1, -0.05) is 41.9 Å². The van der Waals surface area contributed by atoms with Crippen LogP contribution in [0.15, 0.2) is 54.6 Å². The summed E-state index contributed by atoms with van der Waals surface area (Å²) in [6.45, 7) is 2.29. The van der Waals surface area contributed by atoms with Gasteiger partial charge in [0, 0.05) is 24.7 Å². The first-order valence-electron chi connectivity index (χ1n) is 8.62. The van der Waals surface area contributed by atoms with E-state index in [0.717, 1.165) is 24.4 Å². The van der Waals surface area contributed by atoms with Gasteiger partial charge in [-0.15, -0.1) is 0 Å². The normalized spacial score (nSPS) is 18.7. The Morgan fingerprint density at radius 1 is 1.04 bits per heavy atom. The fraction of sp³-hybridized carbons (Fsp3) is 0.400. The van der Waals surface area contributed by atoms with Crippen molar-refractivity contribution < 1.29 is 14.9 Å². The molecule has 1 heterocycles. The van der Waals surface area contributed by atoms with Crippen LogP contribution in [0, 0.1) is 0 Å². The van der Waals surface area contributed by atoms with Crippen LogP contribution in [0.4, 0.5) is 0 Å². The third kappa shape index (κ3) is 4.95. The van der Waals surface area contributed by atoms with Crippen LogP contribution >= 0.6 is 11.6 Å². The Morgan fingerprint density at radius 3 is 2.32 bits per heavy atom. The van der Waals surface area contributed by atoms with Crippen molar-refractivity contribution in [3.63, 3.8) is 0 Å². The van der Waals surface area contributed by atoms with E-state index in [1.807, 2.05) is 54.6 Å². The molecule has 0 aromatic heterocycles. The van der Waals surface area contributed by atoms with E-state index in [4.69, 9.17) is 16.3 Å². The first-order valence-corrected chi connectivity index (χ1v) is 9.00. The third-order valence-corrected chi connectivity index (χ3v) is 4.97. The van der Waals surface area contributed by atoms with Crippen molar-refractivity contribution >= 4 is 11.6 Å². The lowest BCUT2D eigenvalue weighted by molar-refractivity contribution is -0.0372. The summed E-state index contributed by atoms with van der Waals surface area (Å²) in [7, 11) is 0. The molecule has 1 fully saturated rings. The second-order valence-corrected chi connectivity index (χ2v) is 7.05. The van der Waals surface area contributed by atoms with E-state index in [0.29, 0.717) is 24.4 Å². The quantitative estimate of drug-likeness (QED) is 0.830. The molecular weight excluding hydrogens is 338 g/mol. The van der Waals surface area contributed by atoms with Crippen molar-refractivity contribution in [1.82, 2.24) is 4.90 Å². The number of aliphatic hydroxyl groups is 2. The molecular formula is C20H24ClNO3. The maximum atomic E-state index is 10.9. The highest BCUT2D eigenvalue weighted by Crippen LogP contribution is 2.33. The molecule has 2 aromatic carbocycles. The van der Waals surface area contributed by atoms with Crippen molar-refractivity contribution in [2.24, 2.45) is 0 Å². The summed E-state index contributed by atoms with van der Waals surface area (Å²) in [6.07, 6.45) is 0.726. The number of benzene rings is 2. The minimum atomic E-state index is -0.813. The fourth-order valence-electron chi connectivity index (χ4n) is 3.21. The fourth-order valence-corrected chi connectivity index (χ4v) is 3.34. The molecule has 0 spiro atoms. The Bertz CT molecular complexity index is 654. The molecule has 2 aromatic rings. The number of rotatable bonds is 6. The highest BCUT2D eigenvalue weighted by atomic mass is 35.5. The Labute approximate surface area is 153 Å². The number of halogens is 1. The molecule has 1 aliphatic rings. The van der Waals surface area contributed by atoms with Crippen LogP contribution in [0.2, 0.25) is 5.02 Å². The van der Waals surface area contributed by atoms with Gasteiger partial charge in [0.05, 0.1) is 5.60 Å². The Hall–Kier alpha value is -1.59. The van der Waals surface area contributed by atoms with Gasteiger partial charge in [0.2, 0.25) is 0 Å². The van der Waals surface area contributed by atoms with Crippen LogP contribution in [-0.4, -0.2) is 47.5 Å². The van der Waals surface area contributed by atoms with Crippen LogP contribution in [0.25, 0.3) is 0 Å². The smallest absolute Gasteiger partial charge is 0.119 e.